The highest BCUT2D eigenvalue weighted by Gasteiger charge is 2.05. The van der Waals surface area contributed by atoms with Gasteiger partial charge in [-0.1, -0.05) is 0 Å². The van der Waals surface area contributed by atoms with E-state index in [0.717, 1.165) is 20.8 Å². The molecule has 3 rings (SSSR count). The Morgan fingerprint density at radius 2 is 2.05 bits per heavy atom. The fraction of sp³-hybridized carbons (Fsp3) is 0.0667. The molecule has 3 nitrogen and oxygen atoms in total. The molecule has 3 aromatic rings. The molecule has 0 fully saturated rings. The molecule has 0 unspecified atom stereocenters. The Labute approximate surface area is 129 Å². The zero-order valence-corrected chi connectivity index (χ0v) is 12.5. The topological polar surface area (TPSA) is 42.0 Å². The molecule has 1 N–H and O–H groups in total. The lowest BCUT2D eigenvalue weighted by atomic mass is 10.3. The second-order valence-corrected chi connectivity index (χ2v) is 6.26. The number of fused-ring (bicyclic) bond motifs is 1. The third kappa shape index (κ3) is 3.59. The molecule has 1 heterocycles. The van der Waals surface area contributed by atoms with Crippen LogP contribution in [0.25, 0.3) is 10.2 Å². The van der Waals surface area contributed by atoms with Gasteiger partial charge in [0.05, 0.1) is 21.5 Å². The van der Waals surface area contributed by atoms with Crippen molar-refractivity contribution in [2.45, 2.75) is 4.90 Å². The summed E-state index contributed by atoms with van der Waals surface area (Å²) in [6.07, 6.45) is 0. The van der Waals surface area contributed by atoms with Crippen LogP contribution in [0.5, 0.6) is 0 Å². The van der Waals surface area contributed by atoms with Crippen LogP contribution in [0.15, 0.2) is 52.9 Å². The molecule has 0 radical (unpaired) electrons. The molecule has 0 spiro atoms. The Kier molecular flexibility index (Phi) is 4.17. The summed E-state index contributed by atoms with van der Waals surface area (Å²) in [7, 11) is 0. The minimum atomic E-state index is -0.276. The highest BCUT2D eigenvalue weighted by atomic mass is 32.2. The second kappa shape index (κ2) is 6.24. The molecule has 2 aromatic carbocycles. The van der Waals surface area contributed by atoms with Crippen molar-refractivity contribution in [3.63, 3.8) is 0 Å². The van der Waals surface area contributed by atoms with E-state index in [9.17, 15) is 9.18 Å². The quantitative estimate of drug-likeness (QED) is 0.734. The Bertz CT molecular complexity index is 771. The maximum absolute atomic E-state index is 12.8. The number of aromatic nitrogens is 1. The SMILES string of the molecule is O=C(CSc1ccc(F)cc1)Nc1ccc2ncsc2c1. The largest absolute Gasteiger partial charge is 0.325 e. The summed E-state index contributed by atoms with van der Waals surface area (Å²) in [4.78, 5) is 17.0. The van der Waals surface area contributed by atoms with Crippen molar-refractivity contribution in [3.05, 3.63) is 53.8 Å². The number of anilines is 1. The number of carbonyl (C=O) groups excluding carboxylic acids is 1. The average Bonchev–Trinajstić information content (AvgIpc) is 2.94. The predicted molar refractivity (Wildman–Crippen MR) is 85.4 cm³/mol. The van der Waals surface area contributed by atoms with Crippen LogP contribution in [0, 0.1) is 5.82 Å². The molecule has 0 aliphatic carbocycles. The van der Waals surface area contributed by atoms with Crippen molar-refractivity contribution >= 4 is 44.9 Å². The number of rotatable bonds is 4. The van der Waals surface area contributed by atoms with Crippen molar-refractivity contribution in [2.75, 3.05) is 11.1 Å². The standard InChI is InChI=1S/C15H11FN2OS2/c16-10-1-4-12(5-2-10)20-8-15(19)18-11-3-6-13-14(7-11)21-9-17-13/h1-7,9H,8H2,(H,18,19). The third-order valence-electron chi connectivity index (χ3n) is 2.80. The fourth-order valence-electron chi connectivity index (χ4n) is 1.81. The van der Waals surface area contributed by atoms with E-state index in [1.807, 2.05) is 18.2 Å². The number of hydrogen-bond acceptors (Lipinski definition) is 4. The van der Waals surface area contributed by atoms with E-state index in [4.69, 9.17) is 0 Å². The molecular weight excluding hydrogens is 307 g/mol. The zero-order valence-electron chi connectivity index (χ0n) is 10.9. The van der Waals surface area contributed by atoms with Crippen LogP contribution in [-0.4, -0.2) is 16.6 Å². The molecule has 21 heavy (non-hydrogen) atoms. The summed E-state index contributed by atoms with van der Waals surface area (Å²) in [5.41, 5.74) is 3.47. The van der Waals surface area contributed by atoms with Crippen LogP contribution >= 0.6 is 23.1 Å². The molecule has 0 saturated heterocycles. The monoisotopic (exact) mass is 318 g/mol. The smallest absolute Gasteiger partial charge is 0.234 e. The summed E-state index contributed by atoms with van der Waals surface area (Å²) in [5.74, 6) is -0.0818. The lowest BCUT2D eigenvalue weighted by Gasteiger charge is -2.05. The number of nitrogens with one attached hydrogen (secondary N) is 1. The molecule has 1 aromatic heterocycles. The highest BCUT2D eigenvalue weighted by molar-refractivity contribution is 8.00. The lowest BCUT2D eigenvalue weighted by Crippen LogP contribution is -2.13. The summed E-state index contributed by atoms with van der Waals surface area (Å²) in [6.45, 7) is 0. The molecular formula is C15H11FN2OS2. The number of thioether (sulfide) groups is 1. The molecule has 0 aliphatic heterocycles. The van der Waals surface area contributed by atoms with Gasteiger partial charge in [-0.05, 0) is 42.5 Å². The normalized spacial score (nSPS) is 10.7. The summed E-state index contributed by atoms with van der Waals surface area (Å²) < 4.78 is 13.8. The third-order valence-corrected chi connectivity index (χ3v) is 4.60. The van der Waals surface area contributed by atoms with E-state index < -0.39 is 0 Å². The minimum Gasteiger partial charge on any atom is -0.325 e. The predicted octanol–water partition coefficient (Wildman–Crippen LogP) is 4.17. The van der Waals surface area contributed by atoms with Gasteiger partial charge in [0.15, 0.2) is 0 Å². The van der Waals surface area contributed by atoms with Gasteiger partial charge in [-0.25, -0.2) is 9.37 Å². The van der Waals surface area contributed by atoms with E-state index in [1.165, 1.54) is 35.2 Å². The van der Waals surface area contributed by atoms with Gasteiger partial charge in [0.2, 0.25) is 5.91 Å². The first-order valence-electron chi connectivity index (χ1n) is 6.22. The van der Waals surface area contributed by atoms with E-state index in [-0.39, 0.29) is 17.5 Å². The van der Waals surface area contributed by atoms with Crippen LogP contribution in [0.3, 0.4) is 0 Å². The number of amides is 1. The Morgan fingerprint density at radius 1 is 1.24 bits per heavy atom. The fourth-order valence-corrected chi connectivity index (χ4v) is 3.22. The van der Waals surface area contributed by atoms with E-state index in [0.29, 0.717) is 0 Å². The van der Waals surface area contributed by atoms with Crippen LogP contribution < -0.4 is 5.32 Å². The van der Waals surface area contributed by atoms with Crippen LogP contribution in [0.2, 0.25) is 0 Å². The van der Waals surface area contributed by atoms with Gasteiger partial charge >= 0.3 is 0 Å². The molecule has 6 heteroatoms. The number of halogens is 1. The Balaban J connectivity index is 1.59. The van der Waals surface area contributed by atoms with Gasteiger partial charge in [-0.15, -0.1) is 23.1 Å². The average molecular weight is 318 g/mol. The molecule has 0 bridgehead atoms. The number of nitrogens with zero attached hydrogens (tertiary/aromatic N) is 1. The number of carbonyl (C=O) groups is 1. The summed E-state index contributed by atoms with van der Waals surface area (Å²) in [5, 5.41) is 2.85. The highest BCUT2D eigenvalue weighted by Crippen LogP contribution is 2.22. The Hall–Kier alpha value is -1.92. The second-order valence-electron chi connectivity index (χ2n) is 4.33. The maximum Gasteiger partial charge on any atom is 0.234 e. The zero-order chi connectivity index (χ0) is 14.7. The molecule has 0 atom stereocenters. The van der Waals surface area contributed by atoms with Crippen molar-refractivity contribution in [2.24, 2.45) is 0 Å². The molecule has 0 aliphatic rings. The maximum atomic E-state index is 12.8. The summed E-state index contributed by atoms with van der Waals surface area (Å²) >= 11 is 2.91. The number of benzene rings is 2. The minimum absolute atomic E-state index is 0.0896. The van der Waals surface area contributed by atoms with Gasteiger partial charge in [0, 0.05) is 10.6 Å². The van der Waals surface area contributed by atoms with Crippen LogP contribution in [0.1, 0.15) is 0 Å². The lowest BCUT2D eigenvalue weighted by molar-refractivity contribution is -0.113. The van der Waals surface area contributed by atoms with Crippen molar-refractivity contribution in [3.8, 4) is 0 Å². The van der Waals surface area contributed by atoms with Crippen molar-refractivity contribution < 1.29 is 9.18 Å². The number of thiazole rings is 1. The molecule has 1 amide bonds. The van der Waals surface area contributed by atoms with Gasteiger partial charge in [0.25, 0.3) is 0 Å². The van der Waals surface area contributed by atoms with Crippen LogP contribution in [0.4, 0.5) is 10.1 Å². The first kappa shape index (κ1) is 14.0. The van der Waals surface area contributed by atoms with E-state index in [1.54, 1.807) is 17.6 Å². The molecule has 106 valence electrons. The van der Waals surface area contributed by atoms with E-state index in [2.05, 4.69) is 10.3 Å². The Morgan fingerprint density at radius 3 is 2.86 bits per heavy atom. The first-order chi connectivity index (χ1) is 10.2. The molecule has 0 saturated carbocycles. The van der Waals surface area contributed by atoms with Gasteiger partial charge in [-0.3, -0.25) is 4.79 Å². The van der Waals surface area contributed by atoms with Crippen molar-refractivity contribution in [1.82, 2.24) is 4.98 Å². The summed E-state index contributed by atoms with van der Waals surface area (Å²) in [6, 6.07) is 11.7. The van der Waals surface area contributed by atoms with Gasteiger partial charge < -0.3 is 5.32 Å². The van der Waals surface area contributed by atoms with Crippen molar-refractivity contribution in [1.29, 1.82) is 0 Å². The van der Waals surface area contributed by atoms with E-state index >= 15 is 0 Å². The van der Waals surface area contributed by atoms with Gasteiger partial charge in [0.1, 0.15) is 5.82 Å². The first-order valence-corrected chi connectivity index (χ1v) is 8.09. The number of hydrogen-bond donors (Lipinski definition) is 1. The van der Waals surface area contributed by atoms with Crippen LogP contribution in [-0.2, 0) is 4.79 Å². The van der Waals surface area contributed by atoms with Gasteiger partial charge in [-0.2, -0.15) is 0 Å².